The fraction of sp³-hybridized carbons (Fsp3) is 0.167. The Balaban J connectivity index is 1.79. The van der Waals surface area contributed by atoms with Gasteiger partial charge < -0.3 is 0 Å². The molecule has 0 N–H and O–H groups in total. The van der Waals surface area contributed by atoms with E-state index in [1.165, 1.54) is 29.5 Å². The third-order valence-corrected chi connectivity index (χ3v) is 4.15. The topological polar surface area (TPSA) is 0 Å². The normalized spacial score (nSPS) is 10.0. The smallest absolute Gasteiger partial charge is 0.0281 e. The summed E-state index contributed by atoms with van der Waals surface area (Å²) in [5, 5.41) is 0. The first kappa shape index (κ1) is 16.1. The van der Waals surface area contributed by atoms with Crippen molar-refractivity contribution in [2.45, 2.75) is 26.2 Å². The van der Waals surface area contributed by atoms with Crippen molar-refractivity contribution in [2.24, 2.45) is 0 Å². The minimum Gasteiger partial charge on any atom is -0.0654 e. The van der Waals surface area contributed by atoms with Crippen LogP contribution in [0.2, 0.25) is 0 Å². The molecule has 0 aliphatic rings. The van der Waals surface area contributed by atoms with E-state index in [-0.39, 0.29) is 0 Å². The van der Waals surface area contributed by atoms with Crippen LogP contribution in [0, 0.1) is 11.8 Å². The van der Waals surface area contributed by atoms with Crippen LogP contribution in [0.25, 0.3) is 11.1 Å². The van der Waals surface area contributed by atoms with Gasteiger partial charge in [0.25, 0.3) is 0 Å². The first-order chi connectivity index (χ1) is 11.9. The van der Waals surface area contributed by atoms with Crippen molar-refractivity contribution >= 4 is 0 Å². The molecule has 0 heterocycles. The average molecular weight is 310 g/mol. The molecule has 0 spiro atoms. The number of hydrogen-bond donors (Lipinski definition) is 0. The molecule has 0 saturated carbocycles. The van der Waals surface area contributed by atoms with Gasteiger partial charge in [0.2, 0.25) is 0 Å². The molecule has 0 fully saturated rings. The van der Waals surface area contributed by atoms with E-state index in [1.807, 2.05) is 6.07 Å². The Morgan fingerprint density at radius 1 is 0.667 bits per heavy atom. The van der Waals surface area contributed by atoms with Gasteiger partial charge in [-0.2, -0.15) is 0 Å². The van der Waals surface area contributed by atoms with Crippen LogP contribution in [-0.4, -0.2) is 0 Å². The van der Waals surface area contributed by atoms with Crippen molar-refractivity contribution in [3.8, 4) is 23.0 Å². The van der Waals surface area contributed by atoms with Crippen LogP contribution in [-0.2, 0) is 6.42 Å². The van der Waals surface area contributed by atoms with Gasteiger partial charge in [0.15, 0.2) is 0 Å². The zero-order chi connectivity index (χ0) is 16.6. The van der Waals surface area contributed by atoms with E-state index in [1.54, 1.807) is 0 Å². The van der Waals surface area contributed by atoms with E-state index < -0.39 is 0 Å². The summed E-state index contributed by atoms with van der Waals surface area (Å²) >= 11 is 0. The Bertz CT molecular complexity index is 830. The van der Waals surface area contributed by atoms with Gasteiger partial charge in [-0.3, -0.25) is 0 Å². The molecule has 0 atom stereocenters. The molecule has 0 amide bonds. The van der Waals surface area contributed by atoms with Crippen LogP contribution < -0.4 is 0 Å². The molecule has 0 saturated heterocycles. The predicted molar refractivity (Wildman–Crippen MR) is 103 cm³/mol. The summed E-state index contributed by atoms with van der Waals surface area (Å²) < 4.78 is 0. The molecule has 0 unspecified atom stereocenters. The molecule has 3 aromatic carbocycles. The first-order valence-corrected chi connectivity index (χ1v) is 8.62. The van der Waals surface area contributed by atoms with Gasteiger partial charge in [0.05, 0.1) is 0 Å². The van der Waals surface area contributed by atoms with Gasteiger partial charge >= 0.3 is 0 Å². The minimum absolute atomic E-state index is 1.06. The van der Waals surface area contributed by atoms with Crippen molar-refractivity contribution in [3.63, 3.8) is 0 Å². The van der Waals surface area contributed by atoms with E-state index in [2.05, 4.69) is 91.6 Å². The van der Waals surface area contributed by atoms with Crippen molar-refractivity contribution in [1.29, 1.82) is 0 Å². The van der Waals surface area contributed by atoms with Gasteiger partial charge in [-0.15, -0.1) is 0 Å². The van der Waals surface area contributed by atoms with Gasteiger partial charge in [-0.1, -0.05) is 85.8 Å². The zero-order valence-electron chi connectivity index (χ0n) is 14.1. The summed E-state index contributed by atoms with van der Waals surface area (Å²) in [5.74, 6) is 6.65. The Morgan fingerprint density at radius 2 is 1.33 bits per heavy atom. The van der Waals surface area contributed by atoms with E-state index in [4.69, 9.17) is 0 Å². The monoisotopic (exact) mass is 310 g/mol. The molecular formula is C24H22. The SMILES string of the molecule is CCCCc1ccccc1C#Cc1ccc(-c2ccccc2)cc1. The number of aryl methyl sites for hydroxylation is 1. The van der Waals surface area contributed by atoms with E-state index in [9.17, 15) is 0 Å². The molecule has 24 heavy (non-hydrogen) atoms. The van der Waals surface area contributed by atoms with Crippen LogP contribution >= 0.6 is 0 Å². The van der Waals surface area contributed by atoms with Gasteiger partial charge in [0, 0.05) is 11.1 Å². The molecule has 118 valence electrons. The Morgan fingerprint density at radius 3 is 2.08 bits per heavy atom. The fourth-order valence-corrected chi connectivity index (χ4v) is 2.74. The lowest BCUT2D eigenvalue weighted by molar-refractivity contribution is 0.794. The second kappa shape index (κ2) is 8.18. The third kappa shape index (κ3) is 4.15. The molecule has 0 aliphatic heterocycles. The maximum Gasteiger partial charge on any atom is 0.0281 e. The minimum atomic E-state index is 1.06. The van der Waals surface area contributed by atoms with Crippen molar-refractivity contribution < 1.29 is 0 Å². The lowest BCUT2D eigenvalue weighted by atomic mass is 10.0. The molecule has 0 aliphatic carbocycles. The first-order valence-electron chi connectivity index (χ1n) is 8.62. The molecule has 3 aromatic rings. The highest BCUT2D eigenvalue weighted by Crippen LogP contribution is 2.19. The standard InChI is InChI=1S/C24H22/c1-2-3-9-21-12-7-8-13-23(21)17-14-20-15-18-24(19-16-20)22-10-5-4-6-11-22/h4-8,10-13,15-16,18-19H,2-3,9H2,1H3. The maximum absolute atomic E-state index is 3.35. The Labute approximate surface area is 145 Å². The second-order valence-electron chi connectivity index (χ2n) is 5.95. The number of rotatable bonds is 4. The van der Waals surface area contributed by atoms with E-state index in [0.717, 1.165) is 17.5 Å². The lowest BCUT2D eigenvalue weighted by Gasteiger charge is -2.03. The molecule has 0 aromatic heterocycles. The highest BCUT2D eigenvalue weighted by molar-refractivity contribution is 5.64. The predicted octanol–water partition coefficient (Wildman–Crippen LogP) is 6.10. The van der Waals surface area contributed by atoms with Crippen LogP contribution in [0.5, 0.6) is 0 Å². The van der Waals surface area contributed by atoms with Gasteiger partial charge in [-0.25, -0.2) is 0 Å². The summed E-state index contributed by atoms with van der Waals surface area (Å²) in [6.07, 6.45) is 3.53. The quantitative estimate of drug-likeness (QED) is 0.511. The van der Waals surface area contributed by atoms with Crippen LogP contribution in [0.15, 0.2) is 78.9 Å². The third-order valence-electron chi connectivity index (χ3n) is 4.15. The summed E-state index contributed by atoms with van der Waals surface area (Å²) in [6.45, 7) is 2.22. The molecule has 3 rings (SSSR count). The van der Waals surface area contributed by atoms with E-state index >= 15 is 0 Å². The summed E-state index contributed by atoms with van der Waals surface area (Å²) in [6, 6.07) is 27.4. The fourth-order valence-electron chi connectivity index (χ4n) is 2.74. The highest BCUT2D eigenvalue weighted by Gasteiger charge is 1.99. The van der Waals surface area contributed by atoms with Crippen molar-refractivity contribution in [1.82, 2.24) is 0 Å². The van der Waals surface area contributed by atoms with Crippen LogP contribution in [0.3, 0.4) is 0 Å². The Kier molecular flexibility index (Phi) is 5.48. The summed E-state index contributed by atoms with van der Waals surface area (Å²) in [4.78, 5) is 0. The van der Waals surface area contributed by atoms with Crippen LogP contribution in [0.4, 0.5) is 0 Å². The lowest BCUT2D eigenvalue weighted by Crippen LogP contribution is -1.89. The maximum atomic E-state index is 3.35. The average Bonchev–Trinajstić information content (AvgIpc) is 2.66. The molecule has 0 radical (unpaired) electrons. The number of benzene rings is 3. The van der Waals surface area contributed by atoms with Gasteiger partial charge in [-0.05, 0) is 47.7 Å². The molecule has 0 bridgehead atoms. The van der Waals surface area contributed by atoms with Gasteiger partial charge in [0.1, 0.15) is 0 Å². The van der Waals surface area contributed by atoms with Crippen molar-refractivity contribution in [2.75, 3.05) is 0 Å². The number of unbranched alkanes of at least 4 members (excludes halogenated alkanes) is 1. The number of hydrogen-bond acceptors (Lipinski definition) is 0. The molecule has 0 nitrogen and oxygen atoms in total. The summed E-state index contributed by atoms with van der Waals surface area (Å²) in [5.41, 5.74) is 6.03. The zero-order valence-corrected chi connectivity index (χ0v) is 14.1. The van der Waals surface area contributed by atoms with E-state index in [0.29, 0.717) is 0 Å². The largest absolute Gasteiger partial charge is 0.0654 e. The van der Waals surface area contributed by atoms with Crippen molar-refractivity contribution in [3.05, 3.63) is 95.6 Å². The highest BCUT2D eigenvalue weighted by atomic mass is 14.0. The molecule has 0 heteroatoms. The molecular weight excluding hydrogens is 288 g/mol. The second-order valence-corrected chi connectivity index (χ2v) is 5.95. The summed E-state index contributed by atoms with van der Waals surface area (Å²) in [7, 11) is 0. The Hall–Kier alpha value is -2.78. The van der Waals surface area contributed by atoms with Crippen LogP contribution in [0.1, 0.15) is 36.5 Å².